The molecule has 0 radical (unpaired) electrons. The topological polar surface area (TPSA) is 142 Å². The van der Waals surface area contributed by atoms with Crippen molar-refractivity contribution in [3.05, 3.63) is 59.9 Å². The van der Waals surface area contributed by atoms with Crippen molar-refractivity contribution >= 4 is 50.8 Å². The van der Waals surface area contributed by atoms with Crippen LogP contribution in [0.5, 0.6) is 0 Å². The molecule has 11 heteroatoms. The number of fused-ring (bicyclic) bond motifs is 2. The molecule has 6 aromatic rings. The maximum atomic E-state index is 12.2. The Morgan fingerprint density at radius 2 is 1.85 bits per heavy atom. The molecule has 6 heterocycles. The van der Waals surface area contributed by atoms with Gasteiger partial charge in [0, 0.05) is 24.4 Å². The summed E-state index contributed by atoms with van der Waals surface area (Å²) in [6, 6.07) is 11.2. The summed E-state index contributed by atoms with van der Waals surface area (Å²) in [7, 11) is 0. The van der Waals surface area contributed by atoms with Gasteiger partial charge in [0.15, 0.2) is 17.3 Å². The van der Waals surface area contributed by atoms with Gasteiger partial charge in [-0.25, -0.2) is 9.97 Å². The number of aromatic nitrogens is 7. The first-order valence-corrected chi connectivity index (χ1v) is 13.2. The first kappa shape index (κ1) is 24.6. The third-order valence-corrected chi connectivity index (χ3v) is 7.32. The second-order valence-electron chi connectivity index (χ2n) is 9.63. The van der Waals surface area contributed by atoms with Crippen molar-refractivity contribution in [1.29, 1.82) is 0 Å². The van der Waals surface area contributed by atoms with Crippen LogP contribution in [0.25, 0.3) is 55.4 Å². The molecule has 0 fully saturated rings. The quantitative estimate of drug-likeness (QED) is 0.216. The number of imidazole rings is 1. The number of nitrogens with zero attached hydrogens (tertiary/aromatic N) is 5. The number of hydrogen-bond acceptors (Lipinski definition) is 8. The van der Waals surface area contributed by atoms with Crippen LogP contribution < -0.4 is 5.32 Å². The van der Waals surface area contributed by atoms with E-state index in [0.717, 1.165) is 21.5 Å². The van der Waals surface area contributed by atoms with Crippen LogP contribution in [-0.2, 0) is 4.79 Å². The van der Waals surface area contributed by atoms with Crippen LogP contribution >= 0.6 is 11.3 Å². The van der Waals surface area contributed by atoms with Gasteiger partial charge in [0.2, 0.25) is 5.91 Å². The van der Waals surface area contributed by atoms with Crippen molar-refractivity contribution < 1.29 is 9.59 Å². The van der Waals surface area contributed by atoms with E-state index in [4.69, 9.17) is 9.97 Å². The number of hydrogen-bond donors (Lipinski definition) is 3. The molecule has 0 saturated heterocycles. The van der Waals surface area contributed by atoms with Crippen LogP contribution in [0.4, 0.5) is 5.69 Å². The predicted molar refractivity (Wildman–Crippen MR) is 151 cm³/mol. The van der Waals surface area contributed by atoms with E-state index in [9.17, 15) is 9.59 Å². The summed E-state index contributed by atoms with van der Waals surface area (Å²) in [5, 5.41) is 10.4. The number of aromatic amines is 2. The minimum atomic E-state index is -0.0525. The van der Waals surface area contributed by atoms with Crippen LogP contribution in [-0.4, -0.2) is 46.8 Å². The summed E-state index contributed by atoms with van der Waals surface area (Å²) in [6.07, 6.45) is 5.48. The molecule has 0 aliphatic rings. The molecule has 0 spiro atoms. The zero-order chi connectivity index (χ0) is 27.1. The zero-order valence-corrected chi connectivity index (χ0v) is 22.3. The molecule has 0 bridgehead atoms. The van der Waals surface area contributed by atoms with Gasteiger partial charge in [-0.2, -0.15) is 5.10 Å². The minimum Gasteiger partial charge on any atom is -0.336 e. The van der Waals surface area contributed by atoms with Crippen molar-refractivity contribution in [2.24, 2.45) is 5.92 Å². The molecule has 0 atom stereocenters. The van der Waals surface area contributed by atoms with Crippen LogP contribution in [0.15, 0.2) is 55.0 Å². The van der Waals surface area contributed by atoms with Gasteiger partial charge < -0.3 is 10.3 Å². The number of Topliss-reactive ketones (excluding diaryl/α,β-unsaturated/α-hetero) is 1. The molecule has 194 valence electrons. The van der Waals surface area contributed by atoms with Gasteiger partial charge in [-0.3, -0.25) is 24.7 Å². The van der Waals surface area contributed by atoms with Gasteiger partial charge in [0.05, 0.1) is 38.4 Å². The second kappa shape index (κ2) is 9.84. The number of ketones is 1. The highest BCUT2D eigenvalue weighted by molar-refractivity contribution is 7.17. The number of H-pyrrole nitrogens is 2. The Balaban J connectivity index is 1.37. The molecule has 0 unspecified atom stereocenters. The Hall–Kier alpha value is -4.77. The van der Waals surface area contributed by atoms with Gasteiger partial charge in [-0.05, 0) is 49.2 Å². The van der Waals surface area contributed by atoms with Gasteiger partial charge in [0.25, 0.3) is 0 Å². The molecule has 1 amide bonds. The lowest BCUT2D eigenvalue weighted by molar-refractivity contribution is -0.116. The predicted octanol–water partition coefficient (Wildman–Crippen LogP) is 5.87. The molecule has 10 nitrogen and oxygen atoms in total. The molecular weight excluding hydrogens is 512 g/mol. The number of amides is 1. The summed E-state index contributed by atoms with van der Waals surface area (Å²) in [5.41, 5.74) is 6.22. The molecule has 6 aromatic heterocycles. The Labute approximate surface area is 227 Å². The fourth-order valence-corrected chi connectivity index (χ4v) is 5.24. The van der Waals surface area contributed by atoms with Crippen LogP contribution in [0.1, 0.15) is 36.9 Å². The van der Waals surface area contributed by atoms with Crippen molar-refractivity contribution in [2.75, 3.05) is 5.32 Å². The van der Waals surface area contributed by atoms with Gasteiger partial charge in [0.1, 0.15) is 16.7 Å². The SMILES string of the molecule is CC(=O)c1ccc(-c2nccc3[nH]c(-c4n[nH]c5ccc(-c6cncc(NC(=O)CC(C)C)c6)nc45)nc23)s1. The maximum Gasteiger partial charge on any atom is 0.224 e. The Bertz CT molecular complexity index is 1870. The lowest BCUT2D eigenvalue weighted by Crippen LogP contribution is -2.14. The average molecular weight is 537 g/mol. The van der Waals surface area contributed by atoms with E-state index in [2.05, 4.69) is 30.5 Å². The summed E-state index contributed by atoms with van der Waals surface area (Å²) >= 11 is 1.39. The summed E-state index contributed by atoms with van der Waals surface area (Å²) in [4.78, 5) is 47.4. The highest BCUT2D eigenvalue weighted by atomic mass is 32.1. The second-order valence-corrected chi connectivity index (χ2v) is 10.7. The van der Waals surface area contributed by atoms with E-state index in [1.54, 1.807) is 25.5 Å². The van der Waals surface area contributed by atoms with E-state index in [1.165, 1.54) is 11.3 Å². The lowest BCUT2D eigenvalue weighted by Gasteiger charge is -2.08. The van der Waals surface area contributed by atoms with E-state index >= 15 is 0 Å². The van der Waals surface area contributed by atoms with E-state index < -0.39 is 0 Å². The van der Waals surface area contributed by atoms with Crippen molar-refractivity contribution in [1.82, 2.24) is 35.1 Å². The van der Waals surface area contributed by atoms with Crippen LogP contribution in [0.3, 0.4) is 0 Å². The number of anilines is 1. The molecule has 39 heavy (non-hydrogen) atoms. The third kappa shape index (κ3) is 4.79. The summed E-state index contributed by atoms with van der Waals surface area (Å²) in [5.74, 6) is 0.775. The number of pyridine rings is 3. The number of nitrogens with one attached hydrogen (secondary N) is 3. The standard InChI is InChI=1S/C28H24N8O2S/c1-14(2)10-23(38)31-17-11-16(12-29-13-17)18-4-5-20-25(32-18)27(36-35-20)28-33-19-8-9-30-26(24(19)34-28)22-7-6-21(39-22)15(3)37/h4-9,11-14H,10H2,1-3H3,(H,31,38)(H,33,34)(H,35,36). The highest BCUT2D eigenvalue weighted by Crippen LogP contribution is 2.34. The lowest BCUT2D eigenvalue weighted by atomic mass is 10.1. The summed E-state index contributed by atoms with van der Waals surface area (Å²) in [6.45, 7) is 5.55. The Morgan fingerprint density at radius 1 is 1.00 bits per heavy atom. The molecular formula is C28H24N8O2S. The molecule has 3 N–H and O–H groups in total. The first-order valence-electron chi connectivity index (χ1n) is 12.4. The maximum absolute atomic E-state index is 12.2. The van der Waals surface area contributed by atoms with Crippen molar-refractivity contribution in [2.45, 2.75) is 27.2 Å². The highest BCUT2D eigenvalue weighted by Gasteiger charge is 2.19. The Morgan fingerprint density at radius 3 is 2.64 bits per heavy atom. The van der Waals surface area contributed by atoms with E-state index in [-0.39, 0.29) is 17.6 Å². The van der Waals surface area contributed by atoms with E-state index in [0.29, 0.717) is 50.9 Å². The molecule has 0 aliphatic carbocycles. The van der Waals surface area contributed by atoms with Crippen LogP contribution in [0, 0.1) is 5.92 Å². The number of rotatable bonds is 7. The number of carbonyl (C=O) groups is 2. The van der Waals surface area contributed by atoms with Crippen molar-refractivity contribution in [3.63, 3.8) is 0 Å². The largest absolute Gasteiger partial charge is 0.336 e. The van der Waals surface area contributed by atoms with Crippen LogP contribution in [0.2, 0.25) is 0 Å². The summed E-state index contributed by atoms with van der Waals surface area (Å²) < 4.78 is 0. The van der Waals surface area contributed by atoms with Crippen molar-refractivity contribution in [3.8, 4) is 33.3 Å². The van der Waals surface area contributed by atoms with E-state index in [1.807, 2.05) is 50.2 Å². The van der Waals surface area contributed by atoms with Gasteiger partial charge in [-0.15, -0.1) is 11.3 Å². The minimum absolute atomic E-state index is 0.0182. The van der Waals surface area contributed by atoms with Gasteiger partial charge in [-0.1, -0.05) is 13.8 Å². The molecule has 0 aliphatic heterocycles. The number of thiophene rings is 1. The fourth-order valence-electron chi connectivity index (χ4n) is 4.34. The molecule has 0 aromatic carbocycles. The first-order chi connectivity index (χ1) is 18.9. The Kier molecular flexibility index (Phi) is 6.20. The average Bonchev–Trinajstić information content (AvgIpc) is 3.65. The molecule has 0 saturated carbocycles. The fraction of sp³-hybridized carbons (Fsp3) is 0.179. The number of carbonyl (C=O) groups excluding carboxylic acids is 2. The normalized spacial score (nSPS) is 11.5. The molecule has 6 rings (SSSR count). The zero-order valence-electron chi connectivity index (χ0n) is 21.4. The third-order valence-electron chi connectivity index (χ3n) is 6.13. The smallest absolute Gasteiger partial charge is 0.224 e. The monoisotopic (exact) mass is 536 g/mol. The van der Waals surface area contributed by atoms with Gasteiger partial charge >= 0.3 is 0 Å².